The zero-order valence-electron chi connectivity index (χ0n) is 26.5. The van der Waals surface area contributed by atoms with Crippen LogP contribution in [0.4, 0.5) is 4.79 Å². The molecule has 1 heterocycles. The molecule has 3 unspecified atom stereocenters. The van der Waals surface area contributed by atoms with Crippen LogP contribution < -0.4 is 21.7 Å². The molecule has 1 aromatic rings. The molecule has 0 radical (unpaired) electrons. The van der Waals surface area contributed by atoms with Crippen LogP contribution >= 0.6 is 0 Å². The van der Waals surface area contributed by atoms with Gasteiger partial charge in [-0.15, -0.1) is 0 Å². The van der Waals surface area contributed by atoms with Crippen LogP contribution in [0.15, 0.2) is 30.3 Å². The molecule has 5 atom stereocenters. The first kappa shape index (κ1) is 34.0. The van der Waals surface area contributed by atoms with Crippen LogP contribution in [0.1, 0.15) is 85.8 Å². The quantitative estimate of drug-likeness (QED) is 0.231. The van der Waals surface area contributed by atoms with Crippen molar-refractivity contribution in [3.63, 3.8) is 0 Å². The lowest BCUT2D eigenvalue weighted by atomic mass is 9.84. The van der Waals surface area contributed by atoms with E-state index in [4.69, 9.17) is 5.73 Å². The summed E-state index contributed by atoms with van der Waals surface area (Å²) in [5.74, 6) is -2.78. The lowest BCUT2D eigenvalue weighted by molar-refractivity contribution is -0.144. The van der Waals surface area contributed by atoms with Crippen molar-refractivity contribution in [3.05, 3.63) is 35.9 Å². The third-order valence-electron chi connectivity index (χ3n) is 8.62. The van der Waals surface area contributed by atoms with Crippen molar-refractivity contribution in [1.82, 2.24) is 20.9 Å². The summed E-state index contributed by atoms with van der Waals surface area (Å²) in [4.78, 5) is 67.0. The Balaban J connectivity index is 1.81. The fourth-order valence-corrected chi connectivity index (χ4v) is 5.84. The Morgan fingerprint density at radius 3 is 2.09 bits per heavy atom. The van der Waals surface area contributed by atoms with Gasteiger partial charge < -0.3 is 31.7 Å². The van der Waals surface area contributed by atoms with Gasteiger partial charge in [-0.1, -0.05) is 77.8 Å². The average Bonchev–Trinajstić information content (AvgIpc) is 3.62. The van der Waals surface area contributed by atoms with E-state index in [9.17, 15) is 29.1 Å². The largest absolute Gasteiger partial charge is 0.386 e. The van der Waals surface area contributed by atoms with E-state index < -0.39 is 64.7 Å². The Hall–Kier alpha value is -3.47. The normalized spacial score (nSPS) is 21.1. The maximum atomic E-state index is 14.2. The number of aliphatic hydroxyl groups is 1. The van der Waals surface area contributed by atoms with Crippen molar-refractivity contribution < 1.29 is 29.1 Å². The second-order valence-corrected chi connectivity index (χ2v) is 14.1. The first-order valence-electron chi connectivity index (χ1n) is 15.2. The van der Waals surface area contributed by atoms with Gasteiger partial charge in [0.05, 0.1) is 11.6 Å². The van der Waals surface area contributed by atoms with E-state index in [-0.39, 0.29) is 17.8 Å². The highest BCUT2D eigenvalue weighted by Crippen LogP contribution is 2.36. The SMILES string of the molecule is CC(C)C1CCN(C(=O)[C@@H](NC(=O)NC(C)(C)C(O)c2ccccc2)C(C)(C)C)[C@@H]1C(=O)NC(CC1CC1)C(=O)C(N)=O. The number of primary amides is 1. The molecule has 1 saturated heterocycles. The Morgan fingerprint density at radius 1 is 0.977 bits per heavy atom. The molecule has 238 valence electrons. The number of nitrogens with zero attached hydrogens (tertiary/aromatic N) is 1. The van der Waals surface area contributed by atoms with Crippen LogP contribution in [0.5, 0.6) is 0 Å². The van der Waals surface area contributed by atoms with Gasteiger partial charge in [-0.3, -0.25) is 19.2 Å². The number of hydrogen-bond acceptors (Lipinski definition) is 6. The summed E-state index contributed by atoms with van der Waals surface area (Å²) in [7, 11) is 0. The van der Waals surface area contributed by atoms with Crippen LogP contribution in [0.25, 0.3) is 0 Å². The van der Waals surface area contributed by atoms with Crippen molar-refractivity contribution in [1.29, 1.82) is 0 Å². The third-order valence-corrected chi connectivity index (χ3v) is 8.62. The third kappa shape index (κ3) is 8.55. The summed E-state index contributed by atoms with van der Waals surface area (Å²) in [5, 5.41) is 19.3. The number of hydrogen-bond donors (Lipinski definition) is 5. The maximum absolute atomic E-state index is 14.2. The van der Waals surface area contributed by atoms with Crippen molar-refractivity contribution in [3.8, 4) is 0 Å². The van der Waals surface area contributed by atoms with Gasteiger partial charge in [0, 0.05) is 6.54 Å². The van der Waals surface area contributed by atoms with Crippen LogP contribution in [-0.4, -0.2) is 69.8 Å². The standard InChI is InChI=1S/C32H49N5O6/c1-18(2)21-15-16-37(23(21)28(41)34-22(17-19-13-14-19)24(38)27(33)40)29(42)25(31(3,4)5)35-30(43)36-32(6,7)26(39)20-11-9-8-10-12-20/h8-12,18-19,21-23,25-26,39H,13-17H2,1-7H3,(H2,33,40)(H,34,41)(H2,35,36,43)/t21?,22?,23-,25+,26?/m0/s1. The number of ketones is 1. The summed E-state index contributed by atoms with van der Waals surface area (Å²) in [6, 6.07) is 5.40. The highest BCUT2D eigenvalue weighted by molar-refractivity contribution is 6.37. The van der Waals surface area contributed by atoms with E-state index in [0.717, 1.165) is 12.8 Å². The number of nitrogens with one attached hydrogen (secondary N) is 3. The molecule has 1 aliphatic carbocycles. The lowest BCUT2D eigenvalue weighted by Gasteiger charge is -2.38. The number of carbonyl (C=O) groups is 5. The highest BCUT2D eigenvalue weighted by atomic mass is 16.3. The molecule has 43 heavy (non-hydrogen) atoms. The molecule has 5 amide bonds. The Labute approximate surface area is 254 Å². The molecule has 6 N–H and O–H groups in total. The summed E-state index contributed by atoms with van der Waals surface area (Å²) >= 11 is 0. The number of benzene rings is 1. The minimum Gasteiger partial charge on any atom is -0.386 e. The summed E-state index contributed by atoms with van der Waals surface area (Å²) in [6.07, 6.45) is 1.73. The number of Topliss-reactive ketones (excluding diaryl/α,β-unsaturated/α-hetero) is 1. The van der Waals surface area contributed by atoms with Crippen molar-refractivity contribution in [2.45, 2.75) is 104 Å². The second kappa shape index (κ2) is 13.4. The zero-order valence-corrected chi connectivity index (χ0v) is 26.5. The van der Waals surface area contributed by atoms with Crippen molar-refractivity contribution in [2.24, 2.45) is 28.9 Å². The molecule has 3 rings (SSSR count). The molecule has 11 heteroatoms. The first-order chi connectivity index (χ1) is 19.9. The summed E-state index contributed by atoms with van der Waals surface area (Å²) in [6.45, 7) is 13.1. The van der Waals surface area contributed by atoms with E-state index in [1.165, 1.54) is 4.90 Å². The van der Waals surface area contributed by atoms with Gasteiger partial charge in [-0.2, -0.15) is 0 Å². The zero-order chi connectivity index (χ0) is 32.3. The number of amides is 5. The molecule has 2 fully saturated rings. The number of aliphatic hydroxyl groups excluding tert-OH is 1. The minimum atomic E-state index is -1.10. The van der Waals surface area contributed by atoms with Crippen molar-refractivity contribution in [2.75, 3.05) is 6.54 Å². The van der Waals surface area contributed by atoms with Gasteiger partial charge in [0.2, 0.25) is 17.6 Å². The van der Waals surface area contributed by atoms with Crippen molar-refractivity contribution >= 4 is 29.5 Å². The van der Waals surface area contributed by atoms with Gasteiger partial charge in [-0.25, -0.2) is 4.79 Å². The molecular formula is C32H49N5O6. The van der Waals surface area contributed by atoms with Gasteiger partial charge in [0.1, 0.15) is 18.2 Å². The predicted octanol–water partition coefficient (Wildman–Crippen LogP) is 2.42. The Bertz CT molecular complexity index is 1190. The molecule has 1 aromatic carbocycles. The number of likely N-dealkylation sites (tertiary alicyclic amines) is 1. The van der Waals surface area contributed by atoms with E-state index in [2.05, 4.69) is 16.0 Å². The fourth-order valence-electron chi connectivity index (χ4n) is 5.84. The van der Waals surface area contributed by atoms with Gasteiger partial charge in [0.25, 0.3) is 5.91 Å². The van der Waals surface area contributed by atoms with Gasteiger partial charge >= 0.3 is 6.03 Å². The number of rotatable bonds is 12. The molecular weight excluding hydrogens is 550 g/mol. The van der Waals surface area contributed by atoms with E-state index in [1.54, 1.807) is 38.1 Å². The van der Waals surface area contributed by atoms with E-state index in [0.29, 0.717) is 24.9 Å². The number of carbonyl (C=O) groups excluding carboxylic acids is 5. The van der Waals surface area contributed by atoms with Crippen LogP contribution in [0, 0.1) is 23.2 Å². The Morgan fingerprint density at radius 2 is 1.58 bits per heavy atom. The van der Waals surface area contributed by atoms with Crippen LogP contribution in [0.3, 0.4) is 0 Å². The molecule has 0 aromatic heterocycles. The summed E-state index contributed by atoms with van der Waals surface area (Å²) < 4.78 is 0. The molecule has 1 aliphatic heterocycles. The first-order valence-corrected chi connectivity index (χ1v) is 15.2. The van der Waals surface area contributed by atoms with Crippen LogP contribution in [-0.2, 0) is 19.2 Å². The topological polar surface area (TPSA) is 171 Å². The predicted molar refractivity (Wildman–Crippen MR) is 162 cm³/mol. The molecule has 0 bridgehead atoms. The lowest BCUT2D eigenvalue weighted by Crippen LogP contribution is -2.62. The second-order valence-electron chi connectivity index (χ2n) is 14.1. The summed E-state index contributed by atoms with van der Waals surface area (Å²) in [5.41, 5.74) is 4.11. The fraction of sp³-hybridized carbons (Fsp3) is 0.656. The smallest absolute Gasteiger partial charge is 0.315 e. The minimum absolute atomic E-state index is 0.0480. The van der Waals surface area contributed by atoms with Gasteiger partial charge in [0.15, 0.2) is 0 Å². The Kier molecular flexibility index (Phi) is 10.6. The van der Waals surface area contributed by atoms with E-state index in [1.807, 2.05) is 40.7 Å². The molecule has 2 aliphatic rings. The monoisotopic (exact) mass is 599 g/mol. The van der Waals surface area contributed by atoms with Crippen LogP contribution in [0.2, 0.25) is 0 Å². The molecule has 1 saturated carbocycles. The molecule has 11 nitrogen and oxygen atoms in total. The molecule has 0 spiro atoms. The highest BCUT2D eigenvalue weighted by Gasteiger charge is 2.48. The van der Waals surface area contributed by atoms with E-state index >= 15 is 0 Å². The maximum Gasteiger partial charge on any atom is 0.315 e. The number of urea groups is 1. The number of nitrogens with two attached hydrogens (primary N) is 1. The average molecular weight is 600 g/mol. The van der Waals surface area contributed by atoms with Gasteiger partial charge in [-0.05, 0) is 55.4 Å².